The Morgan fingerprint density at radius 2 is 1.54 bits per heavy atom. The molecule has 5 rings (SSSR count). The molecule has 0 spiro atoms. The van der Waals surface area contributed by atoms with Crippen molar-refractivity contribution < 1.29 is 72.1 Å². The van der Waals surface area contributed by atoms with Gasteiger partial charge < -0.3 is 88.9 Å². The summed E-state index contributed by atoms with van der Waals surface area (Å²) in [5, 5.41) is 44.7. The van der Waals surface area contributed by atoms with Crippen molar-refractivity contribution in [2.75, 3.05) is 65.1 Å². The number of aliphatic hydroxyl groups excluding tert-OH is 1. The van der Waals surface area contributed by atoms with Gasteiger partial charge >= 0.3 is 6.03 Å². The van der Waals surface area contributed by atoms with Crippen molar-refractivity contribution >= 4 is 76.9 Å². The molecule has 2 saturated heterocycles. The topological polar surface area (TPSA) is 467 Å². The van der Waals surface area contributed by atoms with Gasteiger partial charge in [0.2, 0.25) is 59.1 Å². The molecule has 3 aliphatic heterocycles. The van der Waals surface area contributed by atoms with Gasteiger partial charge in [0.05, 0.1) is 76.7 Å². The number of carbonyl (C=O) groups is 11. The first-order valence-electron chi connectivity index (χ1n) is 27.1. The quantitative estimate of drug-likeness (QED) is 0.0344. The Labute approximate surface area is 476 Å². The lowest BCUT2D eigenvalue weighted by Gasteiger charge is -2.27. The van der Waals surface area contributed by atoms with Crippen LogP contribution in [-0.2, 0) is 81.5 Å². The summed E-state index contributed by atoms with van der Waals surface area (Å²) in [5.41, 5.74) is 11.7. The van der Waals surface area contributed by atoms with Gasteiger partial charge in [-0.05, 0) is 38.0 Å². The minimum atomic E-state index is -1.78. The lowest BCUT2D eigenvalue weighted by atomic mass is 10.0. The number of rotatable bonds is 24. The molecule has 16 N–H and O–H groups in total. The number of ether oxygens (including phenoxy) is 3. The highest BCUT2D eigenvalue weighted by molar-refractivity contribution is 8.00. The van der Waals surface area contributed by atoms with Gasteiger partial charge in [-0.25, -0.2) is 9.78 Å². The van der Waals surface area contributed by atoms with Crippen molar-refractivity contribution in [3.8, 4) is 0 Å². The molecule has 2 aromatic heterocycles. The van der Waals surface area contributed by atoms with Gasteiger partial charge in [-0.2, -0.15) is 11.8 Å². The Bertz CT molecular complexity index is 2490. The fourth-order valence-corrected chi connectivity index (χ4v) is 10.4. The van der Waals surface area contributed by atoms with Gasteiger partial charge in [0.15, 0.2) is 0 Å². The Morgan fingerprint density at radius 1 is 0.817 bits per heavy atom. The number of aliphatic hydroxyl groups is 1. The van der Waals surface area contributed by atoms with E-state index in [1.165, 1.54) is 23.4 Å². The second-order valence-electron chi connectivity index (χ2n) is 20.1. The molecule has 82 heavy (non-hydrogen) atoms. The number of hydrogen-bond acceptors (Lipinski definition) is 19. The molecule has 0 aromatic carbocycles. The first-order valence-corrected chi connectivity index (χ1v) is 28.2. The third-order valence-corrected chi connectivity index (χ3v) is 14.7. The highest BCUT2D eigenvalue weighted by atomic mass is 32.2. The first-order chi connectivity index (χ1) is 39.3. The molecular weight excluding hydrogens is 1100 g/mol. The van der Waals surface area contributed by atoms with Crippen molar-refractivity contribution in [2.45, 2.75) is 138 Å². The molecule has 5 heterocycles. The van der Waals surface area contributed by atoms with Crippen LogP contribution in [0.1, 0.15) is 76.6 Å². The molecule has 454 valence electrons. The third kappa shape index (κ3) is 22.5. The average Bonchev–Trinajstić information content (AvgIpc) is 4.31. The number of carbonyl (C=O) groups excluding carboxylic acids is 11. The fourth-order valence-electron chi connectivity index (χ4n) is 8.89. The maximum Gasteiger partial charge on any atom is 0.315 e. The molecule has 3 aliphatic rings. The summed E-state index contributed by atoms with van der Waals surface area (Å²) in [7, 11) is 0. The monoisotopic (exact) mass is 1180 g/mol. The zero-order valence-corrected chi connectivity index (χ0v) is 46.7. The summed E-state index contributed by atoms with van der Waals surface area (Å²) in [5.74, 6) is -8.23. The predicted octanol–water partition coefficient (Wildman–Crippen LogP) is -6.10. The second-order valence-corrected chi connectivity index (χ2v) is 21.3. The van der Waals surface area contributed by atoms with Crippen molar-refractivity contribution in [3.63, 3.8) is 0 Å². The maximum absolute atomic E-state index is 14.0. The Kier molecular flexibility index (Phi) is 27.1. The minimum Gasteiger partial charge on any atom is -0.394 e. The lowest BCUT2D eigenvalue weighted by Crippen LogP contribution is -2.61. The molecule has 0 aliphatic carbocycles. The van der Waals surface area contributed by atoms with Crippen LogP contribution in [0.5, 0.6) is 0 Å². The largest absolute Gasteiger partial charge is 0.394 e. The maximum atomic E-state index is 14.0. The van der Waals surface area contributed by atoms with E-state index in [-0.39, 0.29) is 88.6 Å². The van der Waals surface area contributed by atoms with Gasteiger partial charge in [-0.15, -0.1) is 5.10 Å². The van der Waals surface area contributed by atoms with Crippen LogP contribution < -0.4 is 64.6 Å². The fraction of sp³-hybridized carbons (Fsp3) is 0.673. The number of imidazole rings is 1. The predicted molar refractivity (Wildman–Crippen MR) is 289 cm³/mol. The molecule has 0 saturated carbocycles. The number of hydrogen-bond donors (Lipinski definition) is 14. The Balaban J connectivity index is 1.15. The number of amides is 12. The zero-order valence-electron chi connectivity index (χ0n) is 45.9. The normalized spacial score (nSPS) is 24.5. The number of primary amides is 2. The van der Waals surface area contributed by atoms with E-state index < -0.39 is 122 Å². The molecule has 0 radical (unpaired) electrons. The summed E-state index contributed by atoms with van der Waals surface area (Å²) in [6.07, 6.45) is 6.70. The van der Waals surface area contributed by atoms with Crippen LogP contribution in [0, 0.1) is 5.92 Å². The SMILES string of the molecule is CC(C)[C@H]1NC(=O)[C@@H](CO)NC(=O)[C@@H](CC(N)=O)NC(=O)[C@@H](NC(=O)COCCOCCOCCNC(=O)CCCC[C@H]2SC[C@H]3NC(=O)N[C@H]32)Cc2cn(nn2)CCCC[C@@H](C(N)=O)NC(=O)CNC(=O)[C@@H](Cc2cnc[nH]2)NC1=O. The van der Waals surface area contributed by atoms with Crippen LogP contribution in [0.3, 0.4) is 0 Å². The number of aryl methyl sites for hydroxylation is 1. The van der Waals surface area contributed by atoms with E-state index >= 15 is 0 Å². The van der Waals surface area contributed by atoms with E-state index in [0.717, 1.165) is 25.0 Å². The number of fused-ring (bicyclic) bond motifs is 3. The summed E-state index contributed by atoms with van der Waals surface area (Å²) < 4.78 is 17.9. The molecule has 2 aromatic rings. The molecule has 9 atom stereocenters. The van der Waals surface area contributed by atoms with E-state index in [1.54, 1.807) is 13.8 Å². The summed E-state index contributed by atoms with van der Waals surface area (Å²) >= 11 is 1.84. The summed E-state index contributed by atoms with van der Waals surface area (Å²) in [6, 6.07) is -8.73. The van der Waals surface area contributed by atoms with Gasteiger partial charge in [-0.3, -0.25) is 52.6 Å². The van der Waals surface area contributed by atoms with E-state index in [1.807, 2.05) is 11.8 Å². The van der Waals surface area contributed by atoms with Crippen LogP contribution >= 0.6 is 11.8 Å². The zero-order chi connectivity index (χ0) is 59.6. The number of unbranched alkanes of at least 4 members (excludes halogenated alkanes) is 1. The molecular formula is C49H77N17O15S. The Hall–Kier alpha value is -7.49. The number of aromatic nitrogens is 5. The van der Waals surface area contributed by atoms with Crippen LogP contribution in [0.2, 0.25) is 0 Å². The van der Waals surface area contributed by atoms with Crippen LogP contribution in [0.25, 0.3) is 0 Å². The Morgan fingerprint density at radius 3 is 2.24 bits per heavy atom. The van der Waals surface area contributed by atoms with E-state index in [0.29, 0.717) is 36.8 Å². The van der Waals surface area contributed by atoms with Gasteiger partial charge in [0.1, 0.15) is 42.9 Å². The average molecular weight is 1180 g/mol. The number of aromatic amines is 1. The van der Waals surface area contributed by atoms with E-state index in [9.17, 15) is 57.8 Å². The first kappa shape index (κ1) is 65.3. The van der Waals surface area contributed by atoms with Crippen molar-refractivity contribution in [1.29, 1.82) is 0 Å². The molecule has 2 bridgehead atoms. The molecule has 32 nitrogen and oxygen atoms in total. The van der Waals surface area contributed by atoms with Crippen LogP contribution in [0.4, 0.5) is 4.79 Å². The number of nitrogens with one attached hydrogen (secondary N) is 11. The van der Waals surface area contributed by atoms with E-state index in [4.69, 9.17) is 25.7 Å². The van der Waals surface area contributed by atoms with Gasteiger partial charge in [0, 0.05) is 61.4 Å². The number of H-pyrrole nitrogens is 1. The van der Waals surface area contributed by atoms with Gasteiger partial charge in [0.25, 0.3) is 0 Å². The summed E-state index contributed by atoms with van der Waals surface area (Å²) in [6.45, 7) is 2.17. The molecule has 2 fully saturated rings. The highest BCUT2D eigenvalue weighted by Crippen LogP contribution is 2.33. The second kappa shape index (κ2) is 34.1. The molecule has 12 amide bonds. The number of nitrogens with zero attached hydrogens (tertiary/aromatic N) is 4. The third-order valence-electron chi connectivity index (χ3n) is 13.2. The number of thioether (sulfide) groups is 1. The number of urea groups is 1. The van der Waals surface area contributed by atoms with Crippen molar-refractivity contribution in [2.24, 2.45) is 17.4 Å². The van der Waals surface area contributed by atoms with E-state index in [2.05, 4.69) is 73.4 Å². The van der Waals surface area contributed by atoms with Crippen molar-refractivity contribution in [1.82, 2.24) is 78.1 Å². The minimum absolute atomic E-state index is 0.0418. The highest BCUT2D eigenvalue weighted by Gasteiger charge is 2.42. The summed E-state index contributed by atoms with van der Waals surface area (Å²) in [4.78, 5) is 150. The lowest BCUT2D eigenvalue weighted by molar-refractivity contribution is -0.137. The van der Waals surface area contributed by atoms with Crippen LogP contribution in [-0.4, -0.2) is 214 Å². The van der Waals surface area contributed by atoms with Gasteiger partial charge in [-0.1, -0.05) is 25.5 Å². The molecule has 0 unspecified atom stereocenters. The number of nitrogens with two attached hydrogens (primary N) is 2. The molecule has 33 heteroatoms. The smallest absolute Gasteiger partial charge is 0.315 e. The van der Waals surface area contributed by atoms with Crippen LogP contribution in [0.15, 0.2) is 18.7 Å². The standard InChI is InChI=1S/C49H77N17O15S/c1-27(2)41-48(77)59-31(17-28-20-52-26-55-28)44(73)54-21-39(70)56-30(43(51)72)7-5-6-11-66-22-29(64-65-66)18-32(45(74)58-33(19-37(50)68)46(75)60-34(23-67)47(76)62-41)57-40(71)24-81-16-15-80-14-13-79-12-10-53-38(69)9-4-3-8-36-42-35(25-82-36)61-49(78)63-42/h20,22,26-27,30-36,41-42,67H,3-19,21,23-25H2,1-2H3,(H2,50,68)(H2,51,72)(H,52,55)(H,53,69)(H,54,73)(H,56,70)(H,57,71)(H,58,74)(H,59,77)(H,60,75)(H,62,76)(H2,61,63,78)/t30-,31+,32-,33+,34+,35+,36+,41+,42+/m0/s1. The van der Waals surface area contributed by atoms with Crippen molar-refractivity contribution in [3.05, 3.63) is 30.1 Å².